The fourth-order valence-corrected chi connectivity index (χ4v) is 0.645. The zero-order valence-electron chi connectivity index (χ0n) is 6.80. The Balaban J connectivity index is 3.17. The van der Waals surface area contributed by atoms with E-state index >= 15 is 0 Å². The van der Waals surface area contributed by atoms with E-state index in [4.69, 9.17) is 6.42 Å². The van der Waals surface area contributed by atoms with Crippen LogP contribution in [0.25, 0.3) is 0 Å². The first-order chi connectivity index (χ1) is 5.31. The summed E-state index contributed by atoms with van der Waals surface area (Å²) >= 11 is 0. The predicted octanol–water partition coefficient (Wildman–Crippen LogP) is 1.56. The van der Waals surface area contributed by atoms with Crippen molar-refractivity contribution in [3.05, 3.63) is 6.42 Å². The number of esters is 1. The fraction of sp³-hybridized carbons (Fsp3) is 0.556. The largest absolute Gasteiger partial charge is 0.452 e. The second kappa shape index (κ2) is 7.14. The molecular weight excluding hydrogens is 140 g/mol. The van der Waals surface area contributed by atoms with Crippen LogP contribution in [0.4, 0.5) is 0 Å². The lowest BCUT2D eigenvalue weighted by molar-refractivity contribution is -0.142. The lowest BCUT2D eigenvalue weighted by Crippen LogP contribution is -2.03. The Hall–Kier alpha value is -0.970. The third-order valence-corrected chi connectivity index (χ3v) is 1.19. The van der Waals surface area contributed by atoms with Crippen molar-refractivity contribution in [3.8, 4) is 12.3 Å². The van der Waals surface area contributed by atoms with E-state index in [1.807, 2.05) is 13.3 Å². The highest BCUT2D eigenvalue weighted by Crippen LogP contribution is 1.98. The summed E-state index contributed by atoms with van der Waals surface area (Å²) in [7, 11) is 0. The molecule has 0 aromatic rings. The van der Waals surface area contributed by atoms with Gasteiger partial charge in [-0.05, 0) is 19.3 Å². The number of terminal acetylenes is 1. The normalized spacial score (nSPS) is 8.73. The Morgan fingerprint density at radius 2 is 2.45 bits per heavy atom. The van der Waals surface area contributed by atoms with E-state index in [2.05, 4.69) is 10.7 Å². The van der Waals surface area contributed by atoms with Crippen LogP contribution in [-0.2, 0) is 9.53 Å². The molecule has 11 heavy (non-hydrogen) atoms. The van der Waals surface area contributed by atoms with Gasteiger partial charge in [0.15, 0.2) is 6.61 Å². The SMILES string of the molecule is C#CCOC(=O)CCC[CH]C. The lowest BCUT2D eigenvalue weighted by atomic mass is 10.2. The molecule has 0 N–H and O–H groups in total. The Morgan fingerprint density at radius 3 is 3.00 bits per heavy atom. The monoisotopic (exact) mass is 153 g/mol. The first-order valence-electron chi connectivity index (χ1n) is 3.68. The van der Waals surface area contributed by atoms with Crippen molar-refractivity contribution in [2.75, 3.05) is 6.61 Å². The maximum absolute atomic E-state index is 10.7. The predicted molar refractivity (Wildman–Crippen MR) is 43.6 cm³/mol. The average molecular weight is 153 g/mol. The summed E-state index contributed by atoms with van der Waals surface area (Å²) < 4.78 is 4.65. The molecule has 0 aromatic heterocycles. The molecule has 0 bridgehead atoms. The maximum atomic E-state index is 10.7. The van der Waals surface area contributed by atoms with E-state index in [1.165, 1.54) is 0 Å². The minimum absolute atomic E-state index is 0.0919. The van der Waals surface area contributed by atoms with E-state index in [0.717, 1.165) is 12.8 Å². The highest BCUT2D eigenvalue weighted by Gasteiger charge is 1.99. The number of carbonyl (C=O) groups is 1. The Labute approximate surface area is 67.9 Å². The average Bonchev–Trinajstić information content (AvgIpc) is 2.01. The van der Waals surface area contributed by atoms with Gasteiger partial charge in [-0.2, -0.15) is 0 Å². The summed E-state index contributed by atoms with van der Waals surface area (Å²) in [6, 6.07) is 0. The van der Waals surface area contributed by atoms with E-state index < -0.39 is 0 Å². The van der Waals surface area contributed by atoms with Gasteiger partial charge in [0, 0.05) is 6.42 Å². The molecule has 0 amide bonds. The third kappa shape index (κ3) is 6.92. The standard InChI is InChI=1S/C9H13O2/c1-3-5-6-7-9(10)11-8-4-2/h2-3H,5-8H2,1H3. The second-order valence-electron chi connectivity index (χ2n) is 2.17. The third-order valence-electron chi connectivity index (χ3n) is 1.19. The van der Waals surface area contributed by atoms with Crippen molar-refractivity contribution < 1.29 is 9.53 Å². The van der Waals surface area contributed by atoms with E-state index in [0.29, 0.717) is 6.42 Å². The van der Waals surface area contributed by atoms with Gasteiger partial charge in [0.25, 0.3) is 0 Å². The van der Waals surface area contributed by atoms with Gasteiger partial charge < -0.3 is 4.74 Å². The number of unbranched alkanes of at least 4 members (excludes halogenated alkanes) is 2. The summed E-state index contributed by atoms with van der Waals surface area (Å²) in [6.07, 6.45) is 9.18. The topological polar surface area (TPSA) is 26.3 Å². The van der Waals surface area contributed by atoms with Crippen molar-refractivity contribution in [2.45, 2.75) is 26.2 Å². The van der Waals surface area contributed by atoms with Crippen molar-refractivity contribution in [1.82, 2.24) is 0 Å². The Kier molecular flexibility index (Phi) is 6.51. The molecule has 0 aromatic carbocycles. The quantitative estimate of drug-likeness (QED) is 0.340. The first-order valence-corrected chi connectivity index (χ1v) is 3.68. The molecule has 0 aliphatic heterocycles. The number of carbonyl (C=O) groups excluding carboxylic acids is 1. The summed E-state index contributed by atoms with van der Waals surface area (Å²) in [5.41, 5.74) is 0. The summed E-state index contributed by atoms with van der Waals surface area (Å²) in [6.45, 7) is 2.06. The van der Waals surface area contributed by atoms with Gasteiger partial charge in [0.05, 0.1) is 0 Å². The molecule has 2 heteroatoms. The van der Waals surface area contributed by atoms with Gasteiger partial charge in [-0.3, -0.25) is 4.79 Å². The van der Waals surface area contributed by atoms with Crippen LogP contribution < -0.4 is 0 Å². The fourth-order valence-electron chi connectivity index (χ4n) is 0.645. The van der Waals surface area contributed by atoms with Crippen molar-refractivity contribution in [2.24, 2.45) is 0 Å². The second-order valence-corrected chi connectivity index (χ2v) is 2.17. The smallest absolute Gasteiger partial charge is 0.306 e. The molecular formula is C9H13O2. The maximum Gasteiger partial charge on any atom is 0.306 e. The molecule has 0 rings (SSSR count). The van der Waals surface area contributed by atoms with E-state index in [-0.39, 0.29) is 12.6 Å². The van der Waals surface area contributed by atoms with Crippen LogP contribution in [0.15, 0.2) is 0 Å². The molecule has 0 heterocycles. The van der Waals surface area contributed by atoms with Gasteiger partial charge in [-0.15, -0.1) is 6.42 Å². The number of hydrogen-bond donors (Lipinski definition) is 0. The number of ether oxygens (including phenoxy) is 1. The molecule has 0 aliphatic rings. The van der Waals surface area contributed by atoms with Crippen LogP contribution in [0, 0.1) is 18.8 Å². The molecule has 0 aliphatic carbocycles. The minimum Gasteiger partial charge on any atom is -0.452 e. The van der Waals surface area contributed by atoms with Crippen molar-refractivity contribution in [1.29, 1.82) is 0 Å². The van der Waals surface area contributed by atoms with Gasteiger partial charge in [-0.25, -0.2) is 0 Å². The zero-order valence-corrected chi connectivity index (χ0v) is 6.80. The molecule has 0 unspecified atom stereocenters. The first kappa shape index (κ1) is 10.0. The van der Waals surface area contributed by atoms with Crippen LogP contribution >= 0.6 is 0 Å². The van der Waals surface area contributed by atoms with Gasteiger partial charge in [0.1, 0.15) is 0 Å². The Bertz CT molecular complexity index is 144. The summed E-state index contributed by atoms with van der Waals surface area (Å²) in [4.78, 5) is 10.7. The lowest BCUT2D eigenvalue weighted by Gasteiger charge is -1.98. The molecule has 0 saturated heterocycles. The highest BCUT2D eigenvalue weighted by atomic mass is 16.5. The van der Waals surface area contributed by atoms with Crippen molar-refractivity contribution in [3.63, 3.8) is 0 Å². The minimum atomic E-state index is -0.204. The van der Waals surface area contributed by atoms with Crippen LogP contribution in [0.5, 0.6) is 0 Å². The van der Waals surface area contributed by atoms with Crippen LogP contribution in [0.1, 0.15) is 26.2 Å². The van der Waals surface area contributed by atoms with E-state index in [9.17, 15) is 4.79 Å². The molecule has 0 saturated carbocycles. The number of rotatable bonds is 5. The summed E-state index contributed by atoms with van der Waals surface area (Å²) in [5, 5.41) is 0. The van der Waals surface area contributed by atoms with Gasteiger partial charge in [0.2, 0.25) is 0 Å². The highest BCUT2D eigenvalue weighted by molar-refractivity contribution is 5.69. The van der Waals surface area contributed by atoms with Crippen LogP contribution in [0.3, 0.4) is 0 Å². The van der Waals surface area contributed by atoms with Crippen molar-refractivity contribution >= 4 is 5.97 Å². The molecule has 0 fully saturated rings. The summed E-state index contributed by atoms with van der Waals surface area (Å²) in [5.74, 6) is 2.03. The number of hydrogen-bond acceptors (Lipinski definition) is 2. The van der Waals surface area contributed by atoms with Crippen LogP contribution in [0.2, 0.25) is 0 Å². The molecule has 2 nitrogen and oxygen atoms in total. The molecule has 1 radical (unpaired) electrons. The Morgan fingerprint density at radius 1 is 1.73 bits per heavy atom. The van der Waals surface area contributed by atoms with Crippen LogP contribution in [-0.4, -0.2) is 12.6 Å². The molecule has 0 spiro atoms. The van der Waals surface area contributed by atoms with E-state index in [1.54, 1.807) is 0 Å². The van der Waals surface area contributed by atoms with Gasteiger partial charge >= 0.3 is 5.97 Å². The molecule has 61 valence electrons. The molecule has 0 atom stereocenters. The van der Waals surface area contributed by atoms with Gasteiger partial charge in [-0.1, -0.05) is 12.8 Å². The zero-order chi connectivity index (χ0) is 8.53.